The number of methoxy groups -OCH3 is 1. The first-order valence-electron chi connectivity index (χ1n) is 13.4. The topological polar surface area (TPSA) is 168 Å². The Balaban J connectivity index is 1.32. The number of benzene rings is 1. The van der Waals surface area contributed by atoms with Crippen LogP contribution in [0.25, 0.3) is 0 Å². The van der Waals surface area contributed by atoms with E-state index in [4.69, 9.17) is 23.7 Å². The molecule has 1 spiro atoms. The molecule has 5 heterocycles. The molecule has 12 heteroatoms. The Labute approximate surface area is 224 Å². The number of ether oxygens (including phenoxy) is 5. The van der Waals surface area contributed by atoms with E-state index in [0.717, 1.165) is 11.3 Å². The van der Waals surface area contributed by atoms with E-state index in [9.17, 15) is 25.2 Å². The standard InChI is InChI=1S/C27H34N2O10/c1-3-12-14-10-17-27-25(8-9-28-17,13-6-4-5-7-15(13)29-27)39-24(26(14,27)23(34)35-2)38-21(12)37-22-20(33)19(32)18(31)16(11-30)36-22/h3-7,12,14,16-22,24,28-33H,1,8-11H2,2H3. The highest BCUT2D eigenvalue weighted by Gasteiger charge is 2.89. The smallest absolute Gasteiger partial charge is 0.319 e. The monoisotopic (exact) mass is 546 g/mol. The predicted octanol–water partition coefficient (Wildman–Crippen LogP) is -1.08. The van der Waals surface area contributed by atoms with Gasteiger partial charge in [0.15, 0.2) is 18.9 Å². The van der Waals surface area contributed by atoms with E-state index in [-0.39, 0.29) is 6.04 Å². The average molecular weight is 547 g/mol. The summed E-state index contributed by atoms with van der Waals surface area (Å²) in [4.78, 5) is 14.0. The molecule has 212 valence electrons. The van der Waals surface area contributed by atoms with E-state index in [1.165, 1.54) is 7.11 Å². The van der Waals surface area contributed by atoms with Crippen molar-refractivity contribution < 1.29 is 48.9 Å². The van der Waals surface area contributed by atoms with Crippen LogP contribution in [0.1, 0.15) is 18.4 Å². The fourth-order valence-electron chi connectivity index (χ4n) is 8.60. The SMILES string of the molecule is C=CC1C(OC2OC(CO)C(O)C(O)C2O)OC2OC34CCNC5CC1C2(C(=O)OC)C53Nc1ccccc14. The molecule has 7 rings (SSSR count). The fraction of sp³-hybridized carbons (Fsp3) is 0.667. The Morgan fingerprint density at radius 2 is 1.97 bits per heavy atom. The van der Waals surface area contributed by atoms with Crippen LogP contribution in [0.5, 0.6) is 0 Å². The van der Waals surface area contributed by atoms with Crippen molar-refractivity contribution in [2.24, 2.45) is 17.3 Å². The number of aliphatic hydroxyl groups excluding tert-OH is 4. The zero-order valence-corrected chi connectivity index (χ0v) is 21.4. The first-order valence-corrected chi connectivity index (χ1v) is 13.4. The second-order valence-corrected chi connectivity index (χ2v) is 11.4. The van der Waals surface area contributed by atoms with Gasteiger partial charge >= 0.3 is 5.97 Å². The first-order chi connectivity index (χ1) is 18.8. The van der Waals surface area contributed by atoms with Gasteiger partial charge in [-0.2, -0.15) is 0 Å². The number of carbonyl (C=O) groups is 1. The van der Waals surface area contributed by atoms with Crippen LogP contribution in [0.15, 0.2) is 36.9 Å². The van der Waals surface area contributed by atoms with Gasteiger partial charge in [-0.3, -0.25) is 4.79 Å². The van der Waals surface area contributed by atoms with Crippen molar-refractivity contribution in [1.29, 1.82) is 0 Å². The van der Waals surface area contributed by atoms with Gasteiger partial charge in [-0.25, -0.2) is 0 Å². The highest BCUT2D eigenvalue weighted by molar-refractivity contribution is 5.86. The summed E-state index contributed by atoms with van der Waals surface area (Å²) in [5, 5.41) is 48.1. The van der Waals surface area contributed by atoms with Crippen LogP contribution in [0.3, 0.4) is 0 Å². The normalized spacial score (nSPS) is 50.9. The fourth-order valence-corrected chi connectivity index (χ4v) is 8.60. The number of piperidine rings is 1. The third kappa shape index (κ3) is 2.86. The molecule has 0 amide bonds. The maximum atomic E-state index is 14.0. The number of hydrogen-bond donors (Lipinski definition) is 6. The number of anilines is 1. The Morgan fingerprint density at radius 3 is 2.72 bits per heavy atom. The maximum absolute atomic E-state index is 14.0. The summed E-state index contributed by atoms with van der Waals surface area (Å²) in [6.07, 6.45) is -6.67. The summed E-state index contributed by atoms with van der Waals surface area (Å²) < 4.78 is 30.5. The number of rotatable bonds is 5. The molecule has 12 nitrogen and oxygen atoms in total. The van der Waals surface area contributed by atoms with E-state index in [2.05, 4.69) is 17.2 Å². The molecular weight excluding hydrogens is 512 g/mol. The molecule has 1 aromatic rings. The maximum Gasteiger partial charge on any atom is 0.319 e. The molecule has 6 N–H and O–H groups in total. The van der Waals surface area contributed by atoms with Crippen LogP contribution < -0.4 is 10.6 Å². The summed E-state index contributed by atoms with van der Waals surface area (Å²) in [5.74, 6) is -1.43. The van der Waals surface area contributed by atoms with Gasteiger partial charge < -0.3 is 54.7 Å². The minimum atomic E-state index is -1.61. The number of fused-ring (bicyclic) bond motifs is 1. The van der Waals surface area contributed by atoms with Crippen LogP contribution >= 0.6 is 0 Å². The van der Waals surface area contributed by atoms with Gasteiger partial charge in [0, 0.05) is 23.2 Å². The minimum absolute atomic E-state index is 0.176. The van der Waals surface area contributed by atoms with Gasteiger partial charge in [0.1, 0.15) is 41.0 Å². The van der Waals surface area contributed by atoms with Crippen molar-refractivity contribution >= 4 is 11.7 Å². The molecule has 39 heavy (non-hydrogen) atoms. The predicted molar refractivity (Wildman–Crippen MR) is 132 cm³/mol. The van der Waals surface area contributed by atoms with Crippen molar-refractivity contribution in [3.05, 3.63) is 42.5 Å². The lowest BCUT2D eigenvalue weighted by atomic mass is 9.57. The molecule has 1 aliphatic carbocycles. The van der Waals surface area contributed by atoms with Gasteiger partial charge in [-0.15, -0.1) is 6.58 Å². The van der Waals surface area contributed by atoms with Crippen molar-refractivity contribution in [2.75, 3.05) is 25.6 Å². The highest BCUT2D eigenvalue weighted by Crippen LogP contribution is 2.75. The molecule has 1 aromatic carbocycles. The van der Waals surface area contributed by atoms with Gasteiger partial charge in [0.25, 0.3) is 0 Å². The first kappa shape index (κ1) is 25.8. The van der Waals surface area contributed by atoms with Gasteiger partial charge in [0.2, 0.25) is 0 Å². The van der Waals surface area contributed by atoms with E-state index in [1.807, 2.05) is 24.3 Å². The van der Waals surface area contributed by atoms with Gasteiger partial charge in [-0.1, -0.05) is 24.3 Å². The molecule has 0 bridgehead atoms. The Bertz CT molecular complexity index is 1180. The van der Waals surface area contributed by atoms with Gasteiger partial charge in [0.05, 0.1) is 13.7 Å². The highest BCUT2D eigenvalue weighted by atomic mass is 16.8. The van der Waals surface area contributed by atoms with Crippen molar-refractivity contribution in [3.8, 4) is 0 Å². The zero-order chi connectivity index (χ0) is 27.3. The lowest BCUT2D eigenvalue weighted by Crippen LogP contribution is -2.73. The number of nitrogens with one attached hydrogen (secondary N) is 2. The van der Waals surface area contributed by atoms with Crippen molar-refractivity contribution in [1.82, 2.24) is 5.32 Å². The number of aliphatic hydroxyl groups is 4. The molecule has 5 fully saturated rings. The van der Waals surface area contributed by atoms with Gasteiger partial charge in [-0.05, 0) is 31.4 Å². The van der Waals surface area contributed by atoms with E-state index in [1.54, 1.807) is 6.08 Å². The third-order valence-corrected chi connectivity index (χ3v) is 10.1. The molecule has 0 radical (unpaired) electrons. The quantitative estimate of drug-likeness (QED) is 0.196. The number of para-hydroxylation sites is 1. The van der Waals surface area contributed by atoms with E-state index < -0.39 is 84.3 Å². The largest absolute Gasteiger partial charge is 0.468 e. The molecule has 13 unspecified atom stereocenters. The summed E-state index contributed by atoms with van der Waals surface area (Å²) in [6.45, 7) is 4.12. The van der Waals surface area contributed by atoms with Crippen LogP contribution in [0.2, 0.25) is 0 Å². The molecule has 13 atom stereocenters. The van der Waals surface area contributed by atoms with Crippen LogP contribution in [0, 0.1) is 17.3 Å². The number of carbonyl (C=O) groups excluding carboxylic acids is 1. The average Bonchev–Trinajstić information content (AvgIpc) is 3.51. The second-order valence-electron chi connectivity index (χ2n) is 11.4. The number of esters is 1. The second kappa shape index (κ2) is 8.68. The molecule has 5 aliphatic heterocycles. The Hall–Kier alpha value is -2.13. The summed E-state index contributed by atoms with van der Waals surface area (Å²) in [5.41, 5.74) is -1.19. The van der Waals surface area contributed by atoms with Crippen LogP contribution in [0.4, 0.5) is 5.69 Å². The zero-order valence-electron chi connectivity index (χ0n) is 21.4. The minimum Gasteiger partial charge on any atom is -0.468 e. The molecule has 4 saturated heterocycles. The molecule has 1 saturated carbocycles. The summed E-state index contributed by atoms with van der Waals surface area (Å²) in [7, 11) is 1.36. The van der Waals surface area contributed by atoms with Crippen molar-refractivity contribution in [2.45, 2.75) is 73.3 Å². The summed E-state index contributed by atoms with van der Waals surface area (Å²) >= 11 is 0. The lowest BCUT2D eigenvalue weighted by molar-refractivity contribution is -0.384. The van der Waals surface area contributed by atoms with Crippen LogP contribution in [-0.2, 0) is 34.1 Å². The molecule has 0 aromatic heterocycles. The van der Waals surface area contributed by atoms with Crippen molar-refractivity contribution in [3.63, 3.8) is 0 Å². The van der Waals surface area contributed by atoms with E-state index in [0.29, 0.717) is 19.4 Å². The summed E-state index contributed by atoms with van der Waals surface area (Å²) in [6, 6.07) is 7.72. The third-order valence-electron chi connectivity index (χ3n) is 10.1. The Morgan fingerprint density at radius 1 is 1.18 bits per heavy atom. The van der Waals surface area contributed by atoms with Crippen LogP contribution in [-0.4, -0.2) is 102 Å². The number of hydrogen-bond acceptors (Lipinski definition) is 12. The Kier molecular flexibility index (Phi) is 5.75. The molecule has 6 aliphatic rings. The van der Waals surface area contributed by atoms with E-state index >= 15 is 0 Å². The lowest BCUT2D eigenvalue weighted by Gasteiger charge is -2.52. The molecular formula is C27H34N2O10.